The molecule has 196 valence electrons. The summed E-state index contributed by atoms with van der Waals surface area (Å²) in [5, 5.41) is 3.81. The number of carbonyl (C=O) groups is 1. The van der Waals surface area contributed by atoms with E-state index in [4.69, 9.17) is 19.2 Å². The number of fused-ring (bicyclic) bond motifs is 3. The van der Waals surface area contributed by atoms with Crippen molar-refractivity contribution in [3.8, 4) is 5.75 Å². The van der Waals surface area contributed by atoms with Crippen molar-refractivity contribution in [2.45, 2.75) is 72.4 Å². The third-order valence-corrected chi connectivity index (χ3v) is 5.69. The third kappa shape index (κ3) is 6.77. The number of benzene rings is 2. The lowest BCUT2D eigenvalue weighted by Gasteiger charge is -2.29. The van der Waals surface area contributed by atoms with Gasteiger partial charge in [0.2, 0.25) is 0 Å². The van der Waals surface area contributed by atoms with Gasteiger partial charge in [0.05, 0.1) is 23.8 Å². The average Bonchev–Trinajstić information content (AvgIpc) is 3.17. The fourth-order valence-corrected chi connectivity index (χ4v) is 4.14. The zero-order valence-electron chi connectivity index (χ0n) is 22.5. The van der Waals surface area contributed by atoms with Gasteiger partial charge < -0.3 is 24.1 Å². The van der Waals surface area contributed by atoms with Crippen molar-refractivity contribution in [3.05, 3.63) is 66.1 Å². The molecule has 0 spiro atoms. The molecule has 2 aromatic heterocycles. The van der Waals surface area contributed by atoms with Crippen molar-refractivity contribution in [3.63, 3.8) is 0 Å². The molecule has 0 atom stereocenters. The highest BCUT2D eigenvalue weighted by atomic mass is 16.6. The van der Waals surface area contributed by atoms with Gasteiger partial charge >= 0.3 is 6.09 Å². The monoisotopic (exact) mass is 504 g/mol. The van der Waals surface area contributed by atoms with Gasteiger partial charge in [-0.05, 0) is 59.2 Å². The summed E-state index contributed by atoms with van der Waals surface area (Å²) in [7, 11) is 0. The van der Waals surface area contributed by atoms with Crippen LogP contribution in [-0.4, -0.2) is 38.4 Å². The molecule has 8 heteroatoms. The molecule has 0 aliphatic rings. The molecule has 0 fully saturated rings. The van der Waals surface area contributed by atoms with Crippen LogP contribution in [0.4, 0.5) is 4.79 Å². The number of aromatic nitrogens is 3. The van der Waals surface area contributed by atoms with E-state index in [1.165, 1.54) is 0 Å². The predicted octanol–water partition coefficient (Wildman–Crippen LogP) is 6.00. The van der Waals surface area contributed by atoms with Crippen LogP contribution in [0.25, 0.3) is 21.9 Å². The first-order chi connectivity index (χ1) is 17.5. The molecule has 4 rings (SSSR count). The number of nitrogens with one attached hydrogen (secondary N) is 1. The molecule has 1 N–H and O–H groups in total. The first-order valence-electron chi connectivity index (χ1n) is 12.6. The molecule has 4 aromatic rings. The minimum atomic E-state index is -0.807. The lowest BCUT2D eigenvalue weighted by atomic mass is 10.1. The standard InChI is InChI=1S/C29H36N4O4/c1-7-35-18-25-31-24-16-30-23-15-21(36-17-20-11-9-8-10-12-20)13-14-22(23)26(24)33(25)19-29(5,6)37-27(34)32-28(2,3)4/h8-16H,7,17-19H2,1-6H3,(H,32,34). The quantitative estimate of drug-likeness (QED) is 0.301. The lowest BCUT2D eigenvalue weighted by molar-refractivity contribution is 0.0215. The Bertz CT molecular complexity index is 1370. The van der Waals surface area contributed by atoms with Crippen molar-refractivity contribution < 1.29 is 19.0 Å². The van der Waals surface area contributed by atoms with Gasteiger partial charge in [0.25, 0.3) is 0 Å². The van der Waals surface area contributed by atoms with Crippen molar-refractivity contribution in [1.82, 2.24) is 19.9 Å². The number of nitrogens with zero attached hydrogens (tertiary/aromatic N) is 3. The van der Waals surface area contributed by atoms with Gasteiger partial charge in [-0.25, -0.2) is 9.78 Å². The Hall–Kier alpha value is -3.65. The molecule has 1 amide bonds. The third-order valence-electron chi connectivity index (χ3n) is 5.69. The van der Waals surface area contributed by atoms with Crippen molar-refractivity contribution >= 4 is 28.0 Å². The molecule has 0 radical (unpaired) electrons. The first-order valence-corrected chi connectivity index (χ1v) is 12.6. The van der Waals surface area contributed by atoms with Crippen LogP contribution in [0.15, 0.2) is 54.7 Å². The summed E-state index contributed by atoms with van der Waals surface area (Å²) in [6.07, 6.45) is 1.31. The van der Waals surface area contributed by atoms with Crippen LogP contribution in [0.1, 0.15) is 52.9 Å². The number of alkyl carbamates (subject to hydrolysis) is 1. The average molecular weight is 505 g/mol. The maximum absolute atomic E-state index is 12.5. The number of carbonyl (C=O) groups excluding carboxylic acids is 1. The van der Waals surface area contributed by atoms with Gasteiger partial charge in [-0.2, -0.15) is 0 Å². The molecule has 0 saturated carbocycles. The van der Waals surface area contributed by atoms with E-state index in [-0.39, 0.29) is 0 Å². The van der Waals surface area contributed by atoms with E-state index in [1.807, 2.05) is 90.1 Å². The summed E-state index contributed by atoms with van der Waals surface area (Å²) in [6.45, 7) is 13.3. The van der Waals surface area contributed by atoms with Crippen molar-refractivity contribution in [1.29, 1.82) is 0 Å². The predicted molar refractivity (Wildman–Crippen MR) is 145 cm³/mol. The second-order valence-electron chi connectivity index (χ2n) is 10.7. The van der Waals surface area contributed by atoms with E-state index in [1.54, 1.807) is 6.20 Å². The van der Waals surface area contributed by atoms with Gasteiger partial charge in [-0.3, -0.25) is 4.98 Å². The van der Waals surface area contributed by atoms with E-state index >= 15 is 0 Å². The minimum absolute atomic E-state index is 0.342. The number of ether oxygens (including phenoxy) is 3. The summed E-state index contributed by atoms with van der Waals surface area (Å²) < 4.78 is 19.6. The Morgan fingerprint density at radius 3 is 2.46 bits per heavy atom. The van der Waals surface area contributed by atoms with E-state index in [0.717, 1.165) is 39.1 Å². The van der Waals surface area contributed by atoms with E-state index in [0.29, 0.717) is 26.4 Å². The van der Waals surface area contributed by atoms with Gasteiger partial charge in [-0.15, -0.1) is 0 Å². The number of hydrogen-bond donors (Lipinski definition) is 1. The van der Waals surface area contributed by atoms with Gasteiger partial charge in [0.15, 0.2) is 0 Å². The fraction of sp³-hybridized carbons (Fsp3) is 0.414. The summed E-state index contributed by atoms with van der Waals surface area (Å²) in [4.78, 5) is 22.0. The normalized spacial score (nSPS) is 12.2. The highest BCUT2D eigenvalue weighted by Gasteiger charge is 2.28. The first kappa shape index (κ1) is 26.4. The van der Waals surface area contributed by atoms with Crippen LogP contribution in [-0.2, 0) is 29.2 Å². The Balaban J connectivity index is 1.67. The van der Waals surface area contributed by atoms with Crippen LogP contribution in [0.3, 0.4) is 0 Å². The van der Waals surface area contributed by atoms with E-state index < -0.39 is 17.2 Å². The number of amides is 1. The molecular weight excluding hydrogens is 468 g/mol. The molecular formula is C29H36N4O4. The van der Waals surface area contributed by atoms with Crippen LogP contribution in [0.5, 0.6) is 5.75 Å². The molecule has 0 bridgehead atoms. The summed E-state index contributed by atoms with van der Waals surface area (Å²) >= 11 is 0. The second-order valence-corrected chi connectivity index (χ2v) is 10.7. The summed E-state index contributed by atoms with van der Waals surface area (Å²) in [6, 6.07) is 15.9. The summed E-state index contributed by atoms with van der Waals surface area (Å²) in [5.74, 6) is 1.50. The lowest BCUT2D eigenvalue weighted by Crippen LogP contribution is -2.45. The topological polar surface area (TPSA) is 87.5 Å². The van der Waals surface area contributed by atoms with Crippen molar-refractivity contribution in [2.75, 3.05) is 6.61 Å². The van der Waals surface area contributed by atoms with E-state index in [2.05, 4.69) is 14.9 Å². The van der Waals surface area contributed by atoms with Crippen LogP contribution < -0.4 is 10.1 Å². The van der Waals surface area contributed by atoms with Crippen LogP contribution in [0, 0.1) is 0 Å². The smallest absolute Gasteiger partial charge is 0.408 e. The molecule has 2 heterocycles. The number of imidazole rings is 1. The van der Waals surface area contributed by atoms with Gasteiger partial charge in [0, 0.05) is 23.6 Å². The summed E-state index contributed by atoms with van der Waals surface area (Å²) in [5.41, 5.74) is 2.38. The fourth-order valence-electron chi connectivity index (χ4n) is 4.14. The molecule has 8 nitrogen and oxygen atoms in total. The Kier molecular flexibility index (Phi) is 7.68. The van der Waals surface area contributed by atoms with Crippen molar-refractivity contribution in [2.24, 2.45) is 0 Å². The Morgan fingerprint density at radius 1 is 1.00 bits per heavy atom. The molecule has 0 unspecified atom stereocenters. The van der Waals surface area contributed by atoms with Gasteiger partial charge in [-0.1, -0.05) is 30.3 Å². The molecule has 2 aromatic carbocycles. The highest BCUT2D eigenvalue weighted by Crippen LogP contribution is 2.30. The highest BCUT2D eigenvalue weighted by molar-refractivity contribution is 6.02. The molecule has 0 aliphatic carbocycles. The number of pyridine rings is 1. The zero-order chi connectivity index (χ0) is 26.6. The maximum atomic E-state index is 12.5. The minimum Gasteiger partial charge on any atom is -0.489 e. The second kappa shape index (κ2) is 10.8. The van der Waals surface area contributed by atoms with Crippen LogP contribution in [0.2, 0.25) is 0 Å². The maximum Gasteiger partial charge on any atom is 0.408 e. The Labute approximate surface area is 218 Å². The molecule has 0 saturated heterocycles. The SMILES string of the molecule is CCOCc1nc2cnc3cc(OCc4ccccc4)ccc3c2n1CC(C)(C)OC(=O)NC(C)(C)C. The van der Waals surface area contributed by atoms with Gasteiger partial charge in [0.1, 0.15) is 35.9 Å². The molecule has 0 aliphatic heterocycles. The van der Waals surface area contributed by atoms with Crippen LogP contribution >= 0.6 is 0 Å². The molecule has 37 heavy (non-hydrogen) atoms. The van der Waals surface area contributed by atoms with E-state index in [9.17, 15) is 4.79 Å². The zero-order valence-corrected chi connectivity index (χ0v) is 22.5. The number of rotatable bonds is 9. The number of hydrogen-bond acceptors (Lipinski definition) is 6. The Morgan fingerprint density at radius 2 is 1.76 bits per heavy atom. The largest absolute Gasteiger partial charge is 0.489 e.